The Morgan fingerprint density at radius 3 is 1.88 bits per heavy atom. The first-order chi connectivity index (χ1) is 34.2. The van der Waals surface area contributed by atoms with Gasteiger partial charge in [0.25, 0.3) is 0 Å². The lowest BCUT2D eigenvalue weighted by molar-refractivity contribution is 0.429. The van der Waals surface area contributed by atoms with Crippen molar-refractivity contribution < 1.29 is 4.74 Å². The van der Waals surface area contributed by atoms with Crippen molar-refractivity contribution in [2.24, 2.45) is 0 Å². The molecule has 69 heavy (non-hydrogen) atoms. The average molecular weight is 885 g/mol. The van der Waals surface area contributed by atoms with Crippen LogP contribution in [0.15, 0.2) is 248 Å². The van der Waals surface area contributed by atoms with Crippen molar-refractivity contribution in [2.75, 3.05) is 4.90 Å². The quantitative estimate of drug-likeness (QED) is 0.144. The van der Waals surface area contributed by atoms with Crippen molar-refractivity contribution in [3.8, 4) is 55.9 Å². The van der Waals surface area contributed by atoms with Gasteiger partial charge >= 0.3 is 0 Å². The summed E-state index contributed by atoms with van der Waals surface area (Å²) in [4.78, 5) is 2.45. The number of hydrogen-bond acceptors (Lipinski definition) is 2. The summed E-state index contributed by atoms with van der Waals surface area (Å²) in [5.41, 5.74) is 21.3. The highest BCUT2D eigenvalue weighted by Crippen LogP contribution is 2.50. The number of ether oxygens (including phenoxy) is 1. The summed E-state index contributed by atoms with van der Waals surface area (Å²) >= 11 is 0. The van der Waals surface area contributed by atoms with Gasteiger partial charge in [-0.1, -0.05) is 194 Å². The highest BCUT2D eigenvalue weighted by atomic mass is 16.5. The molecule has 0 spiro atoms. The van der Waals surface area contributed by atoms with Gasteiger partial charge in [0.05, 0.1) is 22.6 Å². The second kappa shape index (κ2) is 17.2. The molecule has 0 saturated carbocycles. The third-order valence-corrected chi connectivity index (χ3v) is 14.3. The molecule has 3 heteroatoms. The third-order valence-electron chi connectivity index (χ3n) is 14.3. The zero-order chi connectivity index (χ0) is 45.7. The smallest absolute Gasteiger partial charge is 0.130 e. The number of aromatic nitrogens is 1. The van der Waals surface area contributed by atoms with Crippen LogP contribution < -0.4 is 9.64 Å². The van der Waals surface area contributed by atoms with Crippen LogP contribution in [0, 0.1) is 0 Å². The van der Waals surface area contributed by atoms with Crippen LogP contribution in [0.4, 0.5) is 17.1 Å². The van der Waals surface area contributed by atoms with E-state index < -0.39 is 0 Å². The Balaban J connectivity index is 0.946. The van der Waals surface area contributed by atoms with Gasteiger partial charge in [-0.25, -0.2) is 0 Å². The SMILES string of the molecule is C1=Cc2c(c3ccccc3n2-c2ccccc2-c2cccc(-c3ccccc3N(c3ccc(C4=C5Oc6ccccc6C5CC=C4)cc3)c3ccccc3-c3ccc(-c4ccccc4)cc3)c2)CC1. The van der Waals surface area contributed by atoms with Gasteiger partial charge in [-0.05, 0) is 113 Å². The summed E-state index contributed by atoms with van der Waals surface area (Å²) < 4.78 is 9.06. The third kappa shape index (κ3) is 7.14. The first kappa shape index (κ1) is 40.6. The normalized spacial score (nSPS) is 14.6. The molecule has 1 atom stereocenters. The van der Waals surface area contributed by atoms with Crippen molar-refractivity contribution in [1.82, 2.24) is 4.57 Å². The van der Waals surface area contributed by atoms with Crippen LogP contribution in [0.3, 0.4) is 0 Å². The summed E-state index contributed by atoms with van der Waals surface area (Å²) in [6.45, 7) is 0. The summed E-state index contributed by atoms with van der Waals surface area (Å²) in [7, 11) is 0. The van der Waals surface area contributed by atoms with E-state index in [1.165, 1.54) is 55.7 Å². The largest absolute Gasteiger partial charge is 0.460 e. The zero-order valence-electron chi connectivity index (χ0n) is 38.2. The summed E-state index contributed by atoms with van der Waals surface area (Å²) in [5.74, 6) is 2.24. The van der Waals surface area contributed by atoms with Crippen LogP contribution in [-0.4, -0.2) is 4.57 Å². The number of rotatable bonds is 9. The minimum Gasteiger partial charge on any atom is -0.460 e. The molecule has 13 rings (SSSR count). The van der Waals surface area contributed by atoms with Crippen LogP contribution in [0.2, 0.25) is 0 Å². The van der Waals surface area contributed by atoms with E-state index >= 15 is 0 Å². The van der Waals surface area contributed by atoms with Gasteiger partial charge in [0.2, 0.25) is 0 Å². The zero-order valence-corrected chi connectivity index (χ0v) is 38.2. The molecule has 2 heterocycles. The Hall–Kier alpha value is -8.66. The van der Waals surface area contributed by atoms with Crippen LogP contribution in [0.1, 0.15) is 41.1 Å². The molecule has 3 nitrogen and oxygen atoms in total. The average Bonchev–Trinajstić information content (AvgIpc) is 3.98. The van der Waals surface area contributed by atoms with Crippen LogP contribution in [-0.2, 0) is 6.42 Å². The topological polar surface area (TPSA) is 17.4 Å². The number of fused-ring (bicyclic) bond motifs is 6. The summed E-state index contributed by atoms with van der Waals surface area (Å²) in [6.07, 6.45) is 12.2. The molecule has 0 amide bonds. The fraction of sp³-hybridized carbons (Fsp3) is 0.0606. The van der Waals surface area contributed by atoms with E-state index in [1.54, 1.807) is 0 Å². The van der Waals surface area contributed by atoms with Crippen LogP contribution in [0.25, 0.3) is 72.7 Å². The van der Waals surface area contributed by atoms with Crippen molar-refractivity contribution in [3.05, 3.63) is 271 Å². The minimum atomic E-state index is 0.233. The summed E-state index contributed by atoms with van der Waals surface area (Å²) in [5, 5.41) is 1.34. The number of nitrogens with zero attached hydrogens (tertiary/aromatic N) is 2. The molecule has 1 aromatic heterocycles. The first-order valence-corrected chi connectivity index (χ1v) is 24.2. The molecular formula is C66H48N2O. The van der Waals surface area contributed by atoms with Gasteiger partial charge in [0, 0.05) is 50.5 Å². The second-order valence-electron chi connectivity index (χ2n) is 18.2. The van der Waals surface area contributed by atoms with Gasteiger partial charge in [0.1, 0.15) is 11.5 Å². The first-order valence-electron chi connectivity index (χ1n) is 24.2. The predicted octanol–water partition coefficient (Wildman–Crippen LogP) is 17.6. The molecular weight excluding hydrogens is 837 g/mol. The molecule has 0 radical (unpaired) electrons. The Morgan fingerprint density at radius 1 is 0.464 bits per heavy atom. The van der Waals surface area contributed by atoms with Gasteiger partial charge in [-0.3, -0.25) is 0 Å². The molecule has 3 aliphatic rings. The van der Waals surface area contributed by atoms with Crippen molar-refractivity contribution in [1.29, 1.82) is 0 Å². The molecule has 0 saturated heterocycles. The van der Waals surface area contributed by atoms with E-state index in [9.17, 15) is 0 Å². The van der Waals surface area contributed by atoms with Crippen molar-refractivity contribution >= 4 is 39.6 Å². The molecule has 1 aliphatic heterocycles. The Kier molecular flexibility index (Phi) is 10.1. The minimum absolute atomic E-state index is 0.233. The molecule has 10 aromatic rings. The number of allylic oxidation sites excluding steroid dienone is 5. The Bertz CT molecular complexity index is 3660. The van der Waals surface area contributed by atoms with Gasteiger partial charge in [-0.2, -0.15) is 0 Å². The molecule has 0 N–H and O–H groups in total. The van der Waals surface area contributed by atoms with E-state index in [2.05, 4.69) is 258 Å². The highest BCUT2D eigenvalue weighted by molar-refractivity contribution is 5.96. The number of para-hydroxylation sites is 5. The number of anilines is 3. The number of benzene rings is 9. The molecule has 9 aromatic carbocycles. The fourth-order valence-corrected chi connectivity index (χ4v) is 11.0. The Labute approximate surface area is 403 Å². The molecule has 328 valence electrons. The van der Waals surface area contributed by atoms with E-state index in [1.807, 2.05) is 0 Å². The van der Waals surface area contributed by atoms with E-state index in [0.717, 1.165) is 81.2 Å². The van der Waals surface area contributed by atoms with Gasteiger partial charge in [-0.15, -0.1) is 0 Å². The van der Waals surface area contributed by atoms with Crippen molar-refractivity contribution in [3.63, 3.8) is 0 Å². The lowest BCUT2D eigenvalue weighted by Crippen LogP contribution is -2.12. The molecule has 0 fully saturated rings. The maximum Gasteiger partial charge on any atom is 0.130 e. The van der Waals surface area contributed by atoms with Gasteiger partial charge in [0.15, 0.2) is 0 Å². The Morgan fingerprint density at radius 2 is 1.07 bits per heavy atom. The number of hydrogen-bond donors (Lipinski definition) is 0. The molecule has 1 unspecified atom stereocenters. The maximum absolute atomic E-state index is 6.59. The lowest BCUT2D eigenvalue weighted by atomic mass is 9.87. The van der Waals surface area contributed by atoms with E-state index in [-0.39, 0.29) is 5.92 Å². The van der Waals surface area contributed by atoms with Crippen LogP contribution in [0.5, 0.6) is 5.75 Å². The molecule has 0 bridgehead atoms. The van der Waals surface area contributed by atoms with Crippen LogP contribution >= 0.6 is 0 Å². The second-order valence-corrected chi connectivity index (χ2v) is 18.2. The predicted molar refractivity (Wildman–Crippen MR) is 288 cm³/mol. The van der Waals surface area contributed by atoms with Crippen molar-refractivity contribution in [2.45, 2.75) is 25.2 Å². The van der Waals surface area contributed by atoms with E-state index in [4.69, 9.17) is 4.74 Å². The molecule has 2 aliphatic carbocycles. The van der Waals surface area contributed by atoms with E-state index in [0.29, 0.717) is 0 Å². The monoisotopic (exact) mass is 884 g/mol. The highest BCUT2D eigenvalue weighted by Gasteiger charge is 2.33. The lowest BCUT2D eigenvalue weighted by Gasteiger charge is -2.30. The fourth-order valence-electron chi connectivity index (χ4n) is 11.0. The maximum atomic E-state index is 6.59. The van der Waals surface area contributed by atoms with Gasteiger partial charge < -0.3 is 14.2 Å². The number of aryl methyl sites for hydroxylation is 1. The standard InChI is InChI=1S/C66H48N2O/c1-2-18-45(19-3-1)46-36-38-47(39-37-46)52-22-4-10-30-60(52)67(51-42-40-48(41-43-51)55-28-17-29-59-58-27-9-15-35-65(58)69-66(55)59)61-31-11-5-23-53(61)49-20-16-21-50(44-49)54-24-6-12-32-62(54)68-63-33-13-7-25-56(63)57-26-8-14-34-64(57)68/h1-7,9-25,27-28,30-44,59H,8,26,29H2. The summed E-state index contributed by atoms with van der Waals surface area (Å²) in [6, 6.07) is 81.7.